The van der Waals surface area contributed by atoms with Gasteiger partial charge >= 0.3 is 0 Å². The average molecular weight is 342 g/mol. The fourth-order valence-corrected chi connectivity index (χ4v) is 2.15. The number of para-hydroxylation sites is 2. The summed E-state index contributed by atoms with van der Waals surface area (Å²) in [5, 5.41) is 5.49. The first-order valence-corrected chi connectivity index (χ1v) is 8.06. The molecule has 2 N–H and O–H groups in total. The molecular weight excluding hydrogens is 320 g/mol. The van der Waals surface area contributed by atoms with Crippen molar-refractivity contribution in [2.45, 2.75) is 6.42 Å². The fraction of sp³-hybridized carbons (Fsp3) is 0.263. The second kappa shape index (κ2) is 9.97. The largest absolute Gasteiger partial charge is 0.493 e. The quantitative estimate of drug-likeness (QED) is 0.684. The van der Waals surface area contributed by atoms with E-state index in [2.05, 4.69) is 10.6 Å². The molecule has 0 unspecified atom stereocenters. The van der Waals surface area contributed by atoms with Crippen molar-refractivity contribution in [1.29, 1.82) is 0 Å². The Morgan fingerprint density at radius 1 is 0.880 bits per heavy atom. The highest BCUT2D eigenvalue weighted by Crippen LogP contribution is 2.25. The van der Waals surface area contributed by atoms with Crippen molar-refractivity contribution in [2.75, 3.05) is 26.8 Å². The van der Waals surface area contributed by atoms with E-state index < -0.39 is 0 Å². The first-order chi connectivity index (χ1) is 12.2. The lowest BCUT2D eigenvalue weighted by molar-refractivity contribution is -0.121. The SMILES string of the molecule is COc1ccccc1OCCC(=O)NCCNC(=O)c1ccccc1. The van der Waals surface area contributed by atoms with E-state index in [1.54, 1.807) is 43.5 Å². The van der Waals surface area contributed by atoms with Gasteiger partial charge in [0.05, 0.1) is 20.1 Å². The lowest BCUT2D eigenvalue weighted by Gasteiger charge is -2.10. The van der Waals surface area contributed by atoms with Gasteiger partial charge < -0.3 is 20.1 Å². The van der Waals surface area contributed by atoms with Gasteiger partial charge in [-0.15, -0.1) is 0 Å². The molecule has 25 heavy (non-hydrogen) atoms. The van der Waals surface area contributed by atoms with Crippen LogP contribution in [0.1, 0.15) is 16.8 Å². The highest BCUT2D eigenvalue weighted by Gasteiger charge is 2.06. The molecule has 0 bridgehead atoms. The fourth-order valence-electron chi connectivity index (χ4n) is 2.15. The van der Waals surface area contributed by atoms with E-state index in [1.165, 1.54) is 0 Å². The van der Waals surface area contributed by atoms with Crippen LogP contribution in [0.5, 0.6) is 11.5 Å². The van der Waals surface area contributed by atoms with Gasteiger partial charge in [0.1, 0.15) is 0 Å². The number of ether oxygens (including phenoxy) is 2. The molecule has 0 radical (unpaired) electrons. The molecule has 2 amide bonds. The summed E-state index contributed by atoms with van der Waals surface area (Å²) < 4.78 is 10.7. The van der Waals surface area contributed by atoms with Crippen LogP contribution in [0.3, 0.4) is 0 Å². The molecule has 6 nitrogen and oxygen atoms in total. The number of amides is 2. The third-order valence-corrected chi connectivity index (χ3v) is 3.42. The number of nitrogens with one attached hydrogen (secondary N) is 2. The van der Waals surface area contributed by atoms with Gasteiger partial charge in [-0.25, -0.2) is 0 Å². The Kier molecular flexibility index (Phi) is 7.31. The lowest BCUT2D eigenvalue weighted by atomic mass is 10.2. The zero-order valence-corrected chi connectivity index (χ0v) is 14.2. The van der Waals surface area contributed by atoms with Crippen molar-refractivity contribution < 1.29 is 19.1 Å². The predicted octanol–water partition coefficient (Wildman–Crippen LogP) is 2.01. The summed E-state index contributed by atoms with van der Waals surface area (Å²) in [6.07, 6.45) is 0.227. The molecule has 132 valence electrons. The first-order valence-electron chi connectivity index (χ1n) is 8.06. The lowest BCUT2D eigenvalue weighted by Crippen LogP contribution is -2.35. The molecule has 0 aliphatic rings. The van der Waals surface area contributed by atoms with Gasteiger partial charge in [-0.1, -0.05) is 30.3 Å². The Bertz CT molecular complexity index is 689. The van der Waals surface area contributed by atoms with Crippen LogP contribution in [0, 0.1) is 0 Å². The summed E-state index contributed by atoms with van der Waals surface area (Å²) in [6.45, 7) is 0.988. The summed E-state index contributed by atoms with van der Waals surface area (Å²) in [5.74, 6) is 0.942. The van der Waals surface area contributed by atoms with Crippen molar-refractivity contribution in [1.82, 2.24) is 10.6 Å². The molecular formula is C19H22N2O4. The maximum absolute atomic E-state index is 11.8. The van der Waals surface area contributed by atoms with Crippen LogP contribution in [0.25, 0.3) is 0 Å². The van der Waals surface area contributed by atoms with E-state index in [-0.39, 0.29) is 24.8 Å². The van der Waals surface area contributed by atoms with Crippen LogP contribution in [0.2, 0.25) is 0 Å². The zero-order chi connectivity index (χ0) is 17.9. The molecule has 2 aromatic carbocycles. The molecule has 0 saturated heterocycles. The van der Waals surface area contributed by atoms with E-state index >= 15 is 0 Å². The van der Waals surface area contributed by atoms with E-state index in [4.69, 9.17) is 9.47 Å². The molecule has 0 spiro atoms. The Morgan fingerprint density at radius 3 is 2.24 bits per heavy atom. The third kappa shape index (κ3) is 6.18. The minimum absolute atomic E-state index is 0.135. The maximum atomic E-state index is 11.8. The number of carbonyl (C=O) groups is 2. The Morgan fingerprint density at radius 2 is 1.52 bits per heavy atom. The van der Waals surface area contributed by atoms with Gasteiger partial charge in [-0.2, -0.15) is 0 Å². The Balaban J connectivity index is 1.60. The summed E-state index contributed by atoms with van der Waals surface area (Å²) in [4.78, 5) is 23.6. The monoisotopic (exact) mass is 342 g/mol. The number of rotatable bonds is 9. The Labute approximate surface area is 147 Å². The van der Waals surface area contributed by atoms with Gasteiger partial charge in [0.2, 0.25) is 5.91 Å². The molecule has 0 atom stereocenters. The van der Waals surface area contributed by atoms with Gasteiger partial charge in [0, 0.05) is 18.7 Å². The number of hydrogen-bond donors (Lipinski definition) is 2. The van der Waals surface area contributed by atoms with Gasteiger partial charge in [-0.05, 0) is 24.3 Å². The minimum atomic E-state index is -0.158. The smallest absolute Gasteiger partial charge is 0.251 e. The maximum Gasteiger partial charge on any atom is 0.251 e. The molecule has 6 heteroatoms. The molecule has 0 heterocycles. The van der Waals surface area contributed by atoms with Crippen molar-refractivity contribution in [2.24, 2.45) is 0 Å². The summed E-state index contributed by atoms with van der Waals surface area (Å²) in [5.41, 5.74) is 0.596. The van der Waals surface area contributed by atoms with Crippen molar-refractivity contribution in [3.63, 3.8) is 0 Å². The second-order valence-electron chi connectivity index (χ2n) is 5.22. The molecule has 0 fully saturated rings. The highest BCUT2D eigenvalue weighted by atomic mass is 16.5. The molecule has 0 aromatic heterocycles. The van der Waals surface area contributed by atoms with Crippen LogP contribution >= 0.6 is 0 Å². The van der Waals surface area contributed by atoms with Crippen LogP contribution in [-0.2, 0) is 4.79 Å². The number of hydrogen-bond acceptors (Lipinski definition) is 4. The standard InChI is InChI=1S/C19H22N2O4/c1-24-16-9-5-6-10-17(16)25-14-11-18(22)20-12-13-21-19(23)15-7-3-2-4-8-15/h2-10H,11-14H2,1H3,(H,20,22)(H,21,23). The van der Waals surface area contributed by atoms with E-state index in [9.17, 15) is 9.59 Å². The molecule has 2 rings (SSSR count). The summed E-state index contributed by atoms with van der Waals surface area (Å²) in [7, 11) is 1.57. The van der Waals surface area contributed by atoms with Crippen LogP contribution in [0.15, 0.2) is 54.6 Å². The molecule has 0 aliphatic heterocycles. The minimum Gasteiger partial charge on any atom is -0.493 e. The normalized spacial score (nSPS) is 9.96. The van der Waals surface area contributed by atoms with Crippen molar-refractivity contribution >= 4 is 11.8 Å². The molecule has 2 aromatic rings. The van der Waals surface area contributed by atoms with Crippen molar-refractivity contribution in [3.8, 4) is 11.5 Å². The summed E-state index contributed by atoms with van der Waals surface area (Å²) in [6, 6.07) is 16.2. The second-order valence-corrected chi connectivity index (χ2v) is 5.22. The van der Waals surface area contributed by atoms with Gasteiger partial charge in [-0.3, -0.25) is 9.59 Å². The van der Waals surface area contributed by atoms with Gasteiger partial charge in [0.15, 0.2) is 11.5 Å². The third-order valence-electron chi connectivity index (χ3n) is 3.42. The number of methoxy groups -OCH3 is 1. The van der Waals surface area contributed by atoms with Crippen molar-refractivity contribution in [3.05, 3.63) is 60.2 Å². The first kappa shape index (κ1) is 18.3. The molecule has 0 saturated carbocycles. The zero-order valence-electron chi connectivity index (χ0n) is 14.2. The van der Waals surface area contributed by atoms with Crippen LogP contribution in [-0.4, -0.2) is 38.6 Å². The Hall–Kier alpha value is -3.02. The van der Waals surface area contributed by atoms with Crippen LogP contribution < -0.4 is 20.1 Å². The van der Waals surface area contributed by atoms with E-state index in [1.807, 2.05) is 18.2 Å². The van der Waals surface area contributed by atoms with E-state index in [0.29, 0.717) is 30.2 Å². The average Bonchev–Trinajstić information content (AvgIpc) is 2.66. The highest BCUT2D eigenvalue weighted by molar-refractivity contribution is 5.94. The number of carbonyl (C=O) groups excluding carboxylic acids is 2. The summed E-state index contributed by atoms with van der Waals surface area (Å²) >= 11 is 0. The van der Waals surface area contributed by atoms with Crippen LogP contribution in [0.4, 0.5) is 0 Å². The topological polar surface area (TPSA) is 76.7 Å². The predicted molar refractivity (Wildman–Crippen MR) is 94.9 cm³/mol. The van der Waals surface area contributed by atoms with Gasteiger partial charge in [0.25, 0.3) is 5.91 Å². The van der Waals surface area contributed by atoms with E-state index in [0.717, 1.165) is 0 Å². The molecule has 0 aliphatic carbocycles. The number of benzene rings is 2.